The first-order valence-electron chi connectivity index (χ1n) is 6.88. The highest BCUT2D eigenvalue weighted by Gasteiger charge is 2.23. The summed E-state index contributed by atoms with van der Waals surface area (Å²) < 4.78 is 5.94. The number of nitrogens with one attached hydrogen (secondary N) is 1. The summed E-state index contributed by atoms with van der Waals surface area (Å²) in [6.45, 7) is 9.79. The number of aryl methyl sites for hydroxylation is 1. The maximum Gasteiger partial charge on any atom is 0.126 e. The molecule has 1 heterocycles. The van der Waals surface area contributed by atoms with E-state index in [1.807, 2.05) is 7.05 Å². The lowest BCUT2D eigenvalue weighted by atomic mass is 9.83. The number of hydrogen-bond donors (Lipinski definition) is 1. The Labute approximate surface area is 111 Å². The fourth-order valence-corrected chi connectivity index (χ4v) is 2.61. The molecule has 1 unspecified atom stereocenters. The van der Waals surface area contributed by atoms with E-state index in [1.165, 1.54) is 16.7 Å². The minimum atomic E-state index is 0.185. The van der Waals surface area contributed by atoms with Gasteiger partial charge in [0, 0.05) is 11.6 Å². The quantitative estimate of drug-likeness (QED) is 0.816. The van der Waals surface area contributed by atoms with Crippen LogP contribution in [0.5, 0.6) is 5.75 Å². The molecule has 0 spiro atoms. The van der Waals surface area contributed by atoms with E-state index in [1.54, 1.807) is 0 Å². The Morgan fingerprint density at radius 2 is 2.00 bits per heavy atom. The molecular formula is C16H25NO. The van der Waals surface area contributed by atoms with Gasteiger partial charge in [0.05, 0.1) is 6.61 Å². The van der Waals surface area contributed by atoms with Crippen molar-refractivity contribution >= 4 is 0 Å². The van der Waals surface area contributed by atoms with Crippen LogP contribution in [-0.2, 0) is 5.41 Å². The predicted molar refractivity (Wildman–Crippen MR) is 76.4 cm³/mol. The van der Waals surface area contributed by atoms with Crippen molar-refractivity contribution in [3.63, 3.8) is 0 Å². The zero-order valence-electron chi connectivity index (χ0n) is 12.3. The third-order valence-corrected chi connectivity index (χ3v) is 3.78. The van der Waals surface area contributed by atoms with E-state index in [2.05, 4.69) is 45.1 Å². The largest absolute Gasteiger partial charge is 0.493 e. The fraction of sp³-hybridized carbons (Fsp3) is 0.625. The van der Waals surface area contributed by atoms with Gasteiger partial charge in [-0.1, -0.05) is 26.8 Å². The molecule has 1 aromatic carbocycles. The molecule has 1 aliphatic heterocycles. The summed E-state index contributed by atoms with van der Waals surface area (Å²) in [6.07, 6.45) is 2.26. The van der Waals surface area contributed by atoms with Gasteiger partial charge >= 0.3 is 0 Å². The van der Waals surface area contributed by atoms with Gasteiger partial charge in [-0.05, 0) is 49.4 Å². The molecule has 0 radical (unpaired) electrons. The summed E-state index contributed by atoms with van der Waals surface area (Å²) in [4.78, 5) is 0. The molecule has 1 N–H and O–H groups in total. The molecule has 0 aromatic heterocycles. The molecule has 2 rings (SSSR count). The molecule has 0 saturated heterocycles. The molecule has 1 aliphatic rings. The highest BCUT2D eigenvalue weighted by molar-refractivity contribution is 5.48. The van der Waals surface area contributed by atoms with Crippen molar-refractivity contribution in [2.24, 2.45) is 0 Å². The number of ether oxygens (including phenoxy) is 1. The Bertz CT molecular complexity index is 431. The lowest BCUT2D eigenvalue weighted by molar-refractivity contribution is 0.313. The number of hydrogen-bond acceptors (Lipinski definition) is 2. The summed E-state index contributed by atoms with van der Waals surface area (Å²) in [7, 11) is 2.04. The SMILES string of the molecule is CNC1CCCOc2c(C)cc(C(C)(C)C)cc21. The highest BCUT2D eigenvalue weighted by Crippen LogP contribution is 2.37. The van der Waals surface area contributed by atoms with Crippen molar-refractivity contribution in [1.29, 1.82) is 0 Å². The molecule has 2 nitrogen and oxygen atoms in total. The first kappa shape index (κ1) is 13.4. The zero-order valence-corrected chi connectivity index (χ0v) is 12.3. The van der Waals surface area contributed by atoms with Crippen LogP contribution >= 0.6 is 0 Å². The summed E-state index contributed by atoms with van der Waals surface area (Å²) >= 11 is 0. The summed E-state index contributed by atoms with van der Waals surface area (Å²) in [5, 5.41) is 3.43. The van der Waals surface area contributed by atoms with Crippen LogP contribution in [0.4, 0.5) is 0 Å². The average molecular weight is 247 g/mol. The monoisotopic (exact) mass is 247 g/mol. The van der Waals surface area contributed by atoms with Crippen molar-refractivity contribution in [2.45, 2.75) is 52.0 Å². The molecule has 1 atom stereocenters. The first-order valence-corrected chi connectivity index (χ1v) is 6.88. The van der Waals surface area contributed by atoms with Gasteiger partial charge in [0.1, 0.15) is 5.75 Å². The standard InChI is InChI=1S/C16H25NO/c1-11-9-12(16(2,3)4)10-13-14(17-5)7-6-8-18-15(11)13/h9-10,14,17H,6-8H2,1-5H3. The van der Waals surface area contributed by atoms with Crippen LogP contribution in [0.2, 0.25) is 0 Å². The van der Waals surface area contributed by atoms with E-state index in [-0.39, 0.29) is 5.41 Å². The Morgan fingerprint density at radius 1 is 1.28 bits per heavy atom. The van der Waals surface area contributed by atoms with E-state index in [0.29, 0.717) is 6.04 Å². The Hall–Kier alpha value is -1.02. The lowest BCUT2D eigenvalue weighted by Gasteiger charge is -2.24. The van der Waals surface area contributed by atoms with E-state index in [9.17, 15) is 0 Å². The van der Waals surface area contributed by atoms with Crippen molar-refractivity contribution in [3.8, 4) is 5.75 Å². The van der Waals surface area contributed by atoms with Gasteiger partial charge in [0.15, 0.2) is 0 Å². The number of rotatable bonds is 1. The second kappa shape index (κ2) is 4.93. The lowest BCUT2D eigenvalue weighted by Crippen LogP contribution is -2.18. The van der Waals surface area contributed by atoms with Crippen LogP contribution in [0.25, 0.3) is 0 Å². The second-order valence-electron chi connectivity index (χ2n) is 6.29. The highest BCUT2D eigenvalue weighted by atomic mass is 16.5. The average Bonchev–Trinajstić information content (AvgIpc) is 2.49. The van der Waals surface area contributed by atoms with E-state index in [4.69, 9.17) is 4.74 Å². The topological polar surface area (TPSA) is 21.3 Å². The van der Waals surface area contributed by atoms with Gasteiger partial charge in [-0.15, -0.1) is 0 Å². The van der Waals surface area contributed by atoms with Crippen LogP contribution in [0.1, 0.15) is 56.3 Å². The van der Waals surface area contributed by atoms with Crippen LogP contribution in [0.3, 0.4) is 0 Å². The molecule has 0 amide bonds. The summed E-state index contributed by atoms with van der Waals surface area (Å²) in [6, 6.07) is 5.02. The molecular weight excluding hydrogens is 222 g/mol. The van der Waals surface area contributed by atoms with Crippen molar-refractivity contribution < 1.29 is 4.74 Å². The Kier molecular flexibility index (Phi) is 3.67. The molecule has 2 heteroatoms. The predicted octanol–water partition coefficient (Wildman–Crippen LogP) is 3.73. The summed E-state index contributed by atoms with van der Waals surface area (Å²) in [5.41, 5.74) is 4.17. The van der Waals surface area contributed by atoms with Gasteiger partial charge in [-0.25, -0.2) is 0 Å². The molecule has 0 saturated carbocycles. The number of fused-ring (bicyclic) bond motifs is 1. The van der Waals surface area contributed by atoms with E-state index >= 15 is 0 Å². The molecule has 100 valence electrons. The molecule has 1 aromatic rings. The third-order valence-electron chi connectivity index (χ3n) is 3.78. The Balaban J connectivity index is 2.54. The van der Waals surface area contributed by atoms with Crippen molar-refractivity contribution in [1.82, 2.24) is 5.32 Å². The van der Waals surface area contributed by atoms with E-state index in [0.717, 1.165) is 25.2 Å². The second-order valence-corrected chi connectivity index (χ2v) is 6.29. The maximum atomic E-state index is 5.94. The van der Waals surface area contributed by atoms with Crippen LogP contribution in [0, 0.1) is 6.92 Å². The molecule has 0 fully saturated rings. The maximum absolute atomic E-state index is 5.94. The first-order chi connectivity index (χ1) is 8.43. The van der Waals surface area contributed by atoms with Gasteiger partial charge in [0.25, 0.3) is 0 Å². The van der Waals surface area contributed by atoms with E-state index < -0.39 is 0 Å². The van der Waals surface area contributed by atoms with Gasteiger partial charge in [-0.2, -0.15) is 0 Å². The van der Waals surface area contributed by atoms with Gasteiger partial charge in [-0.3, -0.25) is 0 Å². The van der Waals surface area contributed by atoms with Crippen LogP contribution in [-0.4, -0.2) is 13.7 Å². The third kappa shape index (κ3) is 2.54. The minimum Gasteiger partial charge on any atom is -0.493 e. The van der Waals surface area contributed by atoms with Crippen LogP contribution in [0.15, 0.2) is 12.1 Å². The summed E-state index contributed by atoms with van der Waals surface area (Å²) in [5.74, 6) is 1.10. The van der Waals surface area contributed by atoms with Crippen molar-refractivity contribution in [3.05, 3.63) is 28.8 Å². The van der Waals surface area contributed by atoms with Gasteiger partial charge in [0.2, 0.25) is 0 Å². The number of benzene rings is 1. The molecule has 18 heavy (non-hydrogen) atoms. The smallest absolute Gasteiger partial charge is 0.126 e. The van der Waals surface area contributed by atoms with Crippen molar-refractivity contribution in [2.75, 3.05) is 13.7 Å². The molecule has 0 bridgehead atoms. The zero-order chi connectivity index (χ0) is 13.3. The normalized spacial score (nSPS) is 19.9. The van der Waals surface area contributed by atoms with Crippen LogP contribution < -0.4 is 10.1 Å². The van der Waals surface area contributed by atoms with Gasteiger partial charge < -0.3 is 10.1 Å². The fourth-order valence-electron chi connectivity index (χ4n) is 2.61. The Morgan fingerprint density at radius 3 is 2.61 bits per heavy atom. The minimum absolute atomic E-state index is 0.185. The molecule has 0 aliphatic carbocycles.